The third kappa shape index (κ3) is 10.2. The zero-order valence-electron chi connectivity index (χ0n) is 20.1. The van der Waals surface area contributed by atoms with E-state index in [1.807, 2.05) is 24.9 Å². The summed E-state index contributed by atoms with van der Waals surface area (Å²) < 4.78 is 3.94. The molecule has 4 rings (SSSR count). The van der Waals surface area contributed by atoms with Crippen molar-refractivity contribution in [3.8, 4) is 0 Å². The summed E-state index contributed by atoms with van der Waals surface area (Å²) in [6.45, 7) is 5.69. The fourth-order valence-electron chi connectivity index (χ4n) is 3.50. The Balaban J connectivity index is 0.000000234. The van der Waals surface area contributed by atoms with E-state index >= 15 is 0 Å². The Morgan fingerprint density at radius 1 is 0.735 bits per heavy atom. The highest BCUT2D eigenvalue weighted by molar-refractivity contribution is 5.85. The molecule has 6 heteroatoms. The first-order valence-corrected chi connectivity index (χ1v) is 11.6. The molecule has 0 amide bonds. The van der Waals surface area contributed by atoms with E-state index in [0.29, 0.717) is 13.0 Å². The Morgan fingerprint density at radius 2 is 1.26 bits per heavy atom. The summed E-state index contributed by atoms with van der Waals surface area (Å²) in [5.74, 6) is 0.239. The van der Waals surface area contributed by atoms with Crippen molar-refractivity contribution in [2.45, 2.75) is 59.0 Å². The van der Waals surface area contributed by atoms with E-state index in [1.165, 1.54) is 41.5 Å². The van der Waals surface area contributed by atoms with Crippen molar-refractivity contribution < 1.29 is 4.79 Å². The first kappa shape index (κ1) is 27.1. The number of unbranched alkanes of at least 4 members (excludes halogenated alkanes) is 1. The number of carbonyl (C=O) groups excluding carboxylic acids is 1. The molecule has 0 radical (unpaired) electrons. The highest BCUT2D eigenvalue weighted by Gasteiger charge is 2.03. The summed E-state index contributed by atoms with van der Waals surface area (Å²) in [6.07, 6.45) is 15.9. The third-order valence-electron chi connectivity index (χ3n) is 5.54. The van der Waals surface area contributed by atoms with Crippen molar-refractivity contribution in [1.29, 1.82) is 0 Å². The second kappa shape index (κ2) is 14.9. The number of aryl methyl sites for hydroxylation is 5. The van der Waals surface area contributed by atoms with Gasteiger partial charge < -0.3 is 9.13 Å². The molecule has 2 aromatic heterocycles. The predicted molar refractivity (Wildman–Crippen MR) is 140 cm³/mol. The van der Waals surface area contributed by atoms with Crippen LogP contribution in [0.1, 0.15) is 41.5 Å². The van der Waals surface area contributed by atoms with Crippen LogP contribution in [-0.2, 0) is 30.7 Å². The third-order valence-corrected chi connectivity index (χ3v) is 5.54. The number of imidazole rings is 2. The summed E-state index contributed by atoms with van der Waals surface area (Å²) in [4.78, 5) is 19.6. The van der Waals surface area contributed by atoms with E-state index in [2.05, 4.69) is 76.9 Å². The highest BCUT2D eigenvalue weighted by atomic mass is 35.5. The molecule has 0 saturated carbocycles. The molecule has 0 aliphatic rings. The molecule has 4 aromatic rings. The van der Waals surface area contributed by atoms with Crippen molar-refractivity contribution in [3.05, 3.63) is 108 Å². The van der Waals surface area contributed by atoms with Crippen LogP contribution in [0.3, 0.4) is 0 Å². The minimum Gasteiger partial charge on any atom is -0.337 e. The fourth-order valence-corrected chi connectivity index (χ4v) is 3.50. The normalized spacial score (nSPS) is 10.2. The maximum atomic E-state index is 11.7. The van der Waals surface area contributed by atoms with Crippen LogP contribution in [0.2, 0.25) is 0 Å². The van der Waals surface area contributed by atoms with Crippen molar-refractivity contribution in [2.75, 3.05) is 0 Å². The minimum absolute atomic E-state index is 0. The van der Waals surface area contributed by atoms with Gasteiger partial charge in [0, 0.05) is 37.8 Å². The molecular formula is C28H35ClN4O. The number of halogens is 1. The van der Waals surface area contributed by atoms with Crippen LogP contribution < -0.4 is 0 Å². The Hall–Kier alpha value is -3.18. The molecule has 0 unspecified atom stereocenters. The molecule has 0 aliphatic carbocycles. The zero-order valence-corrected chi connectivity index (χ0v) is 21.0. The van der Waals surface area contributed by atoms with Gasteiger partial charge in [-0.25, -0.2) is 9.97 Å². The van der Waals surface area contributed by atoms with Gasteiger partial charge in [-0.05, 0) is 50.7 Å². The number of carbonyl (C=O) groups is 1. The van der Waals surface area contributed by atoms with Crippen LogP contribution in [0.5, 0.6) is 0 Å². The van der Waals surface area contributed by atoms with Gasteiger partial charge in [-0.3, -0.25) is 4.79 Å². The molecule has 0 fully saturated rings. The van der Waals surface area contributed by atoms with E-state index in [0.717, 1.165) is 13.0 Å². The summed E-state index contributed by atoms with van der Waals surface area (Å²) in [5.41, 5.74) is 5.24. The minimum atomic E-state index is 0. The standard InChI is InChI=1S/C14H16N2O.C14H18N2.ClH/c1-12-2-4-13(5-3-12)6-7-14(17)10-16-9-8-15-11-16;1-13-5-7-14(8-6-13)4-2-3-10-16-11-9-15-12-16;/h2-5,8-9,11H,6-7,10H2,1H3;5-9,11-12H,2-4,10H2,1H3;1H. The molecule has 5 nitrogen and oxygen atoms in total. The molecule has 34 heavy (non-hydrogen) atoms. The smallest absolute Gasteiger partial charge is 0.152 e. The van der Waals surface area contributed by atoms with Crippen LogP contribution >= 0.6 is 12.4 Å². The van der Waals surface area contributed by atoms with Crippen molar-refractivity contribution >= 4 is 18.2 Å². The van der Waals surface area contributed by atoms with Gasteiger partial charge in [0.2, 0.25) is 0 Å². The maximum Gasteiger partial charge on any atom is 0.152 e. The number of hydrogen-bond donors (Lipinski definition) is 0. The summed E-state index contributed by atoms with van der Waals surface area (Å²) in [5, 5.41) is 0. The van der Waals surface area contributed by atoms with E-state index in [1.54, 1.807) is 17.1 Å². The van der Waals surface area contributed by atoms with E-state index in [4.69, 9.17) is 0 Å². The Labute approximate surface area is 209 Å². The Kier molecular flexibility index (Phi) is 11.8. The maximum absolute atomic E-state index is 11.7. The summed E-state index contributed by atoms with van der Waals surface area (Å²) in [7, 11) is 0. The lowest BCUT2D eigenvalue weighted by molar-refractivity contribution is -0.119. The van der Waals surface area contributed by atoms with Crippen molar-refractivity contribution in [3.63, 3.8) is 0 Å². The first-order chi connectivity index (χ1) is 16.1. The SMILES string of the molecule is Cc1ccc(CCC(=O)Cn2ccnc2)cc1.Cc1ccc(CCCCn2ccnc2)cc1.Cl. The molecule has 2 aromatic carbocycles. The average molecular weight is 479 g/mol. The topological polar surface area (TPSA) is 52.7 Å². The predicted octanol–water partition coefficient (Wildman–Crippen LogP) is 6.03. The zero-order chi connectivity index (χ0) is 23.3. The fraction of sp³-hybridized carbons (Fsp3) is 0.321. The van der Waals surface area contributed by atoms with Gasteiger partial charge in [0.1, 0.15) is 0 Å². The van der Waals surface area contributed by atoms with Crippen molar-refractivity contribution in [2.24, 2.45) is 0 Å². The Morgan fingerprint density at radius 3 is 1.79 bits per heavy atom. The van der Waals surface area contributed by atoms with Gasteiger partial charge >= 0.3 is 0 Å². The molecule has 180 valence electrons. The second-order valence-corrected chi connectivity index (χ2v) is 8.50. The molecule has 0 bridgehead atoms. The number of nitrogens with zero attached hydrogens (tertiary/aromatic N) is 4. The van der Waals surface area contributed by atoms with Crippen LogP contribution in [0.4, 0.5) is 0 Å². The highest BCUT2D eigenvalue weighted by Crippen LogP contribution is 2.08. The molecular weight excluding hydrogens is 444 g/mol. The lowest BCUT2D eigenvalue weighted by Crippen LogP contribution is -2.09. The Bertz CT molecular complexity index is 1060. The van der Waals surface area contributed by atoms with Gasteiger partial charge in [-0.15, -0.1) is 12.4 Å². The molecule has 0 spiro atoms. The number of aromatic nitrogens is 4. The van der Waals surface area contributed by atoms with Crippen molar-refractivity contribution in [1.82, 2.24) is 19.1 Å². The van der Waals surface area contributed by atoms with E-state index in [-0.39, 0.29) is 18.2 Å². The average Bonchev–Trinajstić information content (AvgIpc) is 3.53. The van der Waals surface area contributed by atoms with E-state index < -0.39 is 0 Å². The number of hydrogen-bond acceptors (Lipinski definition) is 3. The molecule has 0 saturated heterocycles. The van der Waals surface area contributed by atoms with Gasteiger partial charge in [-0.2, -0.15) is 0 Å². The summed E-state index contributed by atoms with van der Waals surface area (Å²) in [6, 6.07) is 17.2. The summed E-state index contributed by atoms with van der Waals surface area (Å²) >= 11 is 0. The first-order valence-electron chi connectivity index (χ1n) is 11.6. The van der Waals surface area contributed by atoms with E-state index in [9.17, 15) is 4.79 Å². The van der Waals surface area contributed by atoms with Crippen LogP contribution in [0, 0.1) is 13.8 Å². The quantitative estimate of drug-likeness (QED) is 0.261. The van der Waals surface area contributed by atoms with Crippen LogP contribution in [0.25, 0.3) is 0 Å². The van der Waals surface area contributed by atoms with Gasteiger partial charge in [-0.1, -0.05) is 59.7 Å². The second-order valence-electron chi connectivity index (χ2n) is 8.50. The van der Waals surface area contributed by atoms with Crippen LogP contribution in [-0.4, -0.2) is 24.9 Å². The largest absolute Gasteiger partial charge is 0.337 e. The molecule has 2 heterocycles. The number of benzene rings is 2. The molecule has 0 atom stereocenters. The van der Waals surface area contributed by atoms with Gasteiger partial charge in [0.15, 0.2) is 5.78 Å². The lowest BCUT2D eigenvalue weighted by atomic mass is 10.1. The number of rotatable bonds is 10. The van der Waals surface area contributed by atoms with Crippen LogP contribution in [0.15, 0.2) is 86.0 Å². The number of ketones is 1. The molecule has 0 aliphatic heterocycles. The monoisotopic (exact) mass is 478 g/mol. The lowest BCUT2D eigenvalue weighted by Gasteiger charge is -2.03. The number of Topliss-reactive ketones (excluding diaryl/α,β-unsaturated/α-hetero) is 1. The molecule has 0 N–H and O–H groups in total. The van der Waals surface area contributed by atoms with Gasteiger partial charge in [0.05, 0.1) is 19.2 Å². The van der Waals surface area contributed by atoms with Gasteiger partial charge in [0.25, 0.3) is 0 Å².